The van der Waals surface area contributed by atoms with Gasteiger partial charge in [-0.2, -0.15) is 0 Å². The van der Waals surface area contributed by atoms with E-state index in [0.29, 0.717) is 18.6 Å². The molecule has 1 unspecified atom stereocenters. The number of aliphatic hydroxyl groups excluding tert-OH is 1. The highest BCUT2D eigenvalue weighted by molar-refractivity contribution is 7.14. The summed E-state index contributed by atoms with van der Waals surface area (Å²) in [7, 11) is 1.22. The first-order valence-electron chi connectivity index (χ1n) is 12.2. The zero-order chi connectivity index (χ0) is 28.2. The molecule has 3 rings (SSSR count). The molecule has 11 nitrogen and oxygen atoms in total. The maximum absolute atomic E-state index is 13.3. The number of aromatic nitrogens is 1. The number of nitrogens with one attached hydrogen (secondary N) is 2. The molecule has 4 amide bonds. The Labute approximate surface area is 229 Å². The minimum Gasteiger partial charge on any atom is -0.491 e. The Balaban J connectivity index is 1.80. The summed E-state index contributed by atoms with van der Waals surface area (Å²) in [4.78, 5) is 55.5. The number of methoxy groups -OCH3 is 1. The van der Waals surface area contributed by atoms with Gasteiger partial charge in [0.25, 0.3) is 0 Å². The van der Waals surface area contributed by atoms with Crippen LogP contribution in [0.5, 0.6) is 5.75 Å². The van der Waals surface area contributed by atoms with Gasteiger partial charge in [0.1, 0.15) is 18.4 Å². The summed E-state index contributed by atoms with van der Waals surface area (Å²) in [5, 5.41) is 15.9. The first-order chi connectivity index (χ1) is 18.9. The van der Waals surface area contributed by atoms with Crippen molar-refractivity contribution in [3.8, 4) is 5.75 Å². The van der Waals surface area contributed by atoms with E-state index < -0.39 is 30.0 Å². The normalized spacial score (nSPS) is 12.1. The van der Waals surface area contributed by atoms with Crippen LogP contribution in [0.15, 0.2) is 60.0 Å². The van der Waals surface area contributed by atoms with Crippen molar-refractivity contribution in [2.24, 2.45) is 0 Å². The summed E-state index contributed by atoms with van der Waals surface area (Å²) >= 11 is 1.02. The van der Waals surface area contributed by atoms with Crippen LogP contribution in [-0.4, -0.2) is 65.7 Å². The van der Waals surface area contributed by atoms with E-state index in [1.807, 2.05) is 13.0 Å². The van der Waals surface area contributed by atoms with Crippen molar-refractivity contribution in [3.63, 3.8) is 0 Å². The van der Waals surface area contributed by atoms with E-state index in [0.717, 1.165) is 27.4 Å². The fourth-order valence-corrected chi connectivity index (χ4v) is 4.42. The van der Waals surface area contributed by atoms with Crippen molar-refractivity contribution in [2.75, 3.05) is 25.6 Å². The van der Waals surface area contributed by atoms with Gasteiger partial charge in [-0.05, 0) is 29.7 Å². The Kier molecular flexibility index (Phi) is 11.0. The summed E-state index contributed by atoms with van der Waals surface area (Å²) in [6.45, 7) is 1.93. The van der Waals surface area contributed by atoms with Gasteiger partial charge < -0.3 is 25.2 Å². The predicted molar refractivity (Wildman–Crippen MR) is 145 cm³/mol. The second kappa shape index (κ2) is 14.6. The second-order valence-corrected chi connectivity index (χ2v) is 9.15. The lowest BCUT2D eigenvalue weighted by Crippen LogP contribution is -2.52. The molecule has 0 spiro atoms. The van der Waals surface area contributed by atoms with E-state index in [9.17, 15) is 19.2 Å². The fourth-order valence-electron chi connectivity index (χ4n) is 3.74. The Morgan fingerprint density at radius 3 is 2.46 bits per heavy atom. The smallest absolute Gasteiger partial charge is 0.357 e. The molecule has 0 fully saturated rings. The molecule has 2 atom stereocenters. The lowest BCUT2D eigenvalue weighted by atomic mass is 10.0. The van der Waals surface area contributed by atoms with Crippen LogP contribution in [0, 0.1) is 0 Å². The van der Waals surface area contributed by atoms with Crippen molar-refractivity contribution in [3.05, 3.63) is 76.8 Å². The third-order valence-electron chi connectivity index (χ3n) is 5.74. The van der Waals surface area contributed by atoms with Crippen molar-refractivity contribution < 1.29 is 33.8 Å². The summed E-state index contributed by atoms with van der Waals surface area (Å²) in [6, 6.07) is 13.6. The van der Waals surface area contributed by atoms with Crippen LogP contribution in [0.2, 0.25) is 0 Å². The average Bonchev–Trinajstić information content (AvgIpc) is 3.43. The van der Waals surface area contributed by atoms with E-state index in [2.05, 4.69) is 20.4 Å². The number of thiazole rings is 1. The quantitative estimate of drug-likeness (QED) is 0.216. The van der Waals surface area contributed by atoms with Crippen LogP contribution in [0.4, 0.5) is 9.93 Å². The summed E-state index contributed by atoms with van der Waals surface area (Å²) < 4.78 is 10.0. The number of hydrogen-bond acceptors (Lipinski definition) is 9. The lowest BCUT2D eigenvalue weighted by molar-refractivity contribution is -0.127. The highest BCUT2D eigenvalue weighted by atomic mass is 32.1. The third-order valence-corrected chi connectivity index (χ3v) is 6.49. The van der Waals surface area contributed by atoms with Crippen LogP contribution < -0.4 is 15.4 Å². The number of esters is 1. The van der Waals surface area contributed by atoms with Gasteiger partial charge in [0.2, 0.25) is 12.3 Å². The lowest BCUT2D eigenvalue weighted by Gasteiger charge is -2.28. The highest BCUT2D eigenvalue weighted by Crippen LogP contribution is 2.22. The number of ether oxygens (including phenoxy) is 2. The Morgan fingerprint density at radius 1 is 1.13 bits per heavy atom. The number of carbonyl (C=O) groups is 4. The van der Waals surface area contributed by atoms with Crippen LogP contribution in [-0.2, 0) is 20.7 Å². The van der Waals surface area contributed by atoms with Gasteiger partial charge in [-0.3, -0.25) is 14.5 Å². The standard InChI is InChI=1S/C27H30N4O7S/c1-3-21(19-9-11-20(12-10-19)38-14-13-32)29-27(36)31(17-33)23(15-18-7-5-4-6-8-18)24(34)30-26-28-22(16-39-26)25(35)37-2/h4-12,16-17,21,23,32H,3,13-15H2,1-2H3,(H,29,36)(H,28,30,34)/t21-,23?/m0/s1. The Morgan fingerprint density at radius 2 is 1.85 bits per heavy atom. The number of nitrogens with zero attached hydrogens (tertiary/aromatic N) is 2. The maximum atomic E-state index is 13.3. The molecular formula is C27H30N4O7S. The predicted octanol–water partition coefficient (Wildman–Crippen LogP) is 3.17. The topological polar surface area (TPSA) is 147 Å². The first-order valence-corrected chi connectivity index (χ1v) is 13.0. The molecule has 1 heterocycles. The summed E-state index contributed by atoms with van der Waals surface area (Å²) in [6.07, 6.45) is 0.894. The number of amides is 4. The molecule has 0 radical (unpaired) electrons. The molecule has 2 aromatic carbocycles. The van der Waals surface area contributed by atoms with Gasteiger partial charge in [0, 0.05) is 11.8 Å². The molecule has 3 aromatic rings. The number of carbonyl (C=O) groups excluding carboxylic acids is 4. The number of imide groups is 1. The number of rotatable bonds is 13. The van der Waals surface area contributed by atoms with Crippen molar-refractivity contribution in [2.45, 2.75) is 31.8 Å². The molecule has 1 aromatic heterocycles. The molecule has 0 bridgehead atoms. The largest absolute Gasteiger partial charge is 0.491 e. The summed E-state index contributed by atoms with van der Waals surface area (Å²) in [5.41, 5.74) is 1.54. The molecule has 0 aliphatic rings. The maximum Gasteiger partial charge on any atom is 0.357 e. The second-order valence-electron chi connectivity index (χ2n) is 8.29. The van der Waals surface area contributed by atoms with Gasteiger partial charge in [0.05, 0.1) is 19.8 Å². The molecule has 12 heteroatoms. The van der Waals surface area contributed by atoms with Crippen molar-refractivity contribution in [1.29, 1.82) is 0 Å². The van der Waals surface area contributed by atoms with Gasteiger partial charge in [-0.15, -0.1) is 11.3 Å². The summed E-state index contributed by atoms with van der Waals surface area (Å²) in [5.74, 6) is -0.731. The fraction of sp³-hybridized carbons (Fsp3) is 0.296. The number of hydrogen-bond donors (Lipinski definition) is 3. The van der Waals surface area contributed by atoms with Crippen LogP contribution in [0.1, 0.15) is 41.0 Å². The highest BCUT2D eigenvalue weighted by Gasteiger charge is 2.32. The third kappa shape index (κ3) is 8.09. The SMILES string of the molecule is CC[C@H](NC(=O)N(C=O)C(Cc1ccccc1)C(=O)Nc1nc(C(=O)OC)cs1)c1ccc(OCCO)cc1. The van der Waals surface area contributed by atoms with E-state index in [1.165, 1.54) is 12.5 Å². The number of aliphatic hydroxyl groups is 1. The molecule has 206 valence electrons. The molecule has 0 aliphatic heterocycles. The van der Waals surface area contributed by atoms with E-state index >= 15 is 0 Å². The molecular weight excluding hydrogens is 524 g/mol. The number of benzene rings is 2. The Hall–Kier alpha value is -4.29. The van der Waals surface area contributed by atoms with Gasteiger partial charge in [0.15, 0.2) is 10.8 Å². The van der Waals surface area contributed by atoms with Crippen LogP contribution in [0.3, 0.4) is 0 Å². The first kappa shape index (κ1) is 29.3. The van der Waals surface area contributed by atoms with Crippen molar-refractivity contribution >= 4 is 40.8 Å². The number of anilines is 1. The van der Waals surface area contributed by atoms with Crippen LogP contribution >= 0.6 is 11.3 Å². The van der Waals surface area contributed by atoms with Gasteiger partial charge >= 0.3 is 12.0 Å². The van der Waals surface area contributed by atoms with Crippen molar-refractivity contribution in [1.82, 2.24) is 15.2 Å². The monoisotopic (exact) mass is 554 g/mol. The molecule has 0 saturated heterocycles. The van der Waals surface area contributed by atoms with E-state index in [4.69, 9.17) is 9.84 Å². The molecule has 0 saturated carbocycles. The number of urea groups is 1. The van der Waals surface area contributed by atoms with E-state index in [1.54, 1.807) is 48.5 Å². The van der Waals surface area contributed by atoms with Gasteiger partial charge in [-0.1, -0.05) is 49.4 Å². The minimum absolute atomic E-state index is 0.0287. The zero-order valence-corrected chi connectivity index (χ0v) is 22.3. The van der Waals surface area contributed by atoms with Crippen LogP contribution in [0.25, 0.3) is 0 Å². The molecule has 3 N–H and O–H groups in total. The molecule has 39 heavy (non-hydrogen) atoms. The van der Waals surface area contributed by atoms with Gasteiger partial charge in [-0.25, -0.2) is 14.6 Å². The van der Waals surface area contributed by atoms with E-state index in [-0.39, 0.29) is 30.5 Å². The minimum atomic E-state index is -1.21. The Bertz CT molecular complexity index is 1250. The zero-order valence-electron chi connectivity index (χ0n) is 21.5. The average molecular weight is 555 g/mol. The molecule has 0 aliphatic carbocycles.